The maximum Gasteiger partial charge on any atom is 0.293 e. The maximum absolute atomic E-state index is 13.0. The molecular formula is C21H21ClN4O4S. The first-order valence-electron chi connectivity index (χ1n) is 9.53. The standard InChI is InChI=1S/C21H21ClN4O4S/c1-12(2)10-25-20(28)15-9-14(22)5-7-16(15)24-21(25)31-11-19(27)23-17-6-4-13(3)8-18(17)26(29)30/h4-9,12H,10-11H2,1-3H3,(H,23,27). The summed E-state index contributed by atoms with van der Waals surface area (Å²) in [7, 11) is 0. The fourth-order valence-corrected chi connectivity index (χ4v) is 4.00. The Bertz CT molecular complexity index is 1230. The van der Waals surface area contributed by atoms with Crippen molar-refractivity contribution in [2.45, 2.75) is 32.5 Å². The summed E-state index contributed by atoms with van der Waals surface area (Å²) in [6.45, 7) is 6.13. The molecule has 0 atom stereocenters. The molecule has 0 radical (unpaired) electrons. The SMILES string of the molecule is Cc1ccc(NC(=O)CSc2nc3ccc(Cl)cc3c(=O)n2CC(C)C)c([N+](=O)[O-])c1. The van der Waals surface area contributed by atoms with Crippen LogP contribution in [0.25, 0.3) is 10.9 Å². The van der Waals surface area contributed by atoms with Crippen molar-refractivity contribution in [3.05, 3.63) is 67.5 Å². The van der Waals surface area contributed by atoms with Gasteiger partial charge in [0.05, 0.1) is 21.6 Å². The molecule has 8 nitrogen and oxygen atoms in total. The van der Waals surface area contributed by atoms with E-state index < -0.39 is 10.8 Å². The van der Waals surface area contributed by atoms with Crippen molar-refractivity contribution < 1.29 is 9.72 Å². The van der Waals surface area contributed by atoms with Crippen molar-refractivity contribution in [3.8, 4) is 0 Å². The smallest absolute Gasteiger partial charge is 0.293 e. The Kier molecular flexibility index (Phi) is 6.97. The second-order valence-corrected chi connectivity index (χ2v) is 8.86. The molecule has 3 rings (SSSR count). The highest BCUT2D eigenvalue weighted by atomic mass is 35.5. The van der Waals surface area contributed by atoms with Gasteiger partial charge >= 0.3 is 0 Å². The van der Waals surface area contributed by atoms with Crippen LogP contribution in [-0.2, 0) is 11.3 Å². The van der Waals surface area contributed by atoms with E-state index in [4.69, 9.17) is 11.6 Å². The van der Waals surface area contributed by atoms with Gasteiger partial charge in [-0.1, -0.05) is 43.3 Å². The van der Waals surface area contributed by atoms with Crippen LogP contribution in [0.3, 0.4) is 0 Å². The number of carbonyl (C=O) groups excluding carboxylic acids is 1. The molecule has 0 saturated carbocycles. The second-order valence-electron chi connectivity index (χ2n) is 7.48. The number of nitro benzene ring substituents is 1. The third-order valence-electron chi connectivity index (χ3n) is 4.39. The number of benzene rings is 2. The van der Waals surface area contributed by atoms with Gasteiger partial charge in [0.1, 0.15) is 5.69 Å². The Hall–Kier alpha value is -2.91. The molecule has 1 heterocycles. The van der Waals surface area contributed by atoms with E-state index in [-0.39, 0.29) is 28.6 Å². The molecule has 1 aromatic heterocycles. The Balaban J connectivity index is 1.86. The minimum absolute atomic E-state index is 0.0609. The lowest BCUT2D eigenvalue weighted by molar-refractivity contribution is -0.384. The van der Waals surface area contributed by atoms with E-state index in [9.17, 15) is 19.7 Å². The third kappa shape index (κ3) is 5.42. The Morgan fingerprint density at radius 3 is 2.71 bits per heavy atom. The van der Waals surface area contributed by atoms with Gasteiger partial charge in [0, 0.05) is 17.6 Å². The third-order valence-corrected chi connectivity index (χ3v) is 5.60. The zero-order chi connectivity index (χ0) is 22.7. The number of nitro groups is 1. The quantitative estimate of drug-likeness (QED) is 0.238. The fourth-order valence-electron chi connectivity index (χ4n) is 3.02. The molecule has 0 fully saturated rings. The van der Waals surface area contributed by atoms with Crippen molar-refractivity contribution in [2.24, 2.45) is 5.92 Å². The fraction of sp³-hybridized carbons (Fsp3) is 0.286. The molecule has 3 aromatic rings. The molecule has 0 spiro atoms. The molecule has 162 valence electrons. The van der Waals surface area contributed by atoms with Crippen LogP contribution in [0.2, 0.25) is 5.02 Å². The second kappa shape index (κ2) is 9.49. The van der Waals surface area contributed by atoms with Crippen LogP contribution in [0.15, 0.2) is 46.3 Å². The van der Waals surface area contributed by atoms with Crippen LogP contribution in [0.4, 0.5) is 11.4 Å². The molecule has 2 aromatic carbocycles. The number of nitrogens with one attached hydrogen (secondary N) is 1. The number of thioether (sulfide) groups is 1. The Morgan fingerprint density at radius 1 is 1.29 bits per heavy atom. The van der Waals surface area contributed by atoms with Crippen molar-refractivity contribution in [1.82, 2.24) is 9.55 Å². The molecule has 0 aliphatic heterocycles. The van der Waals surface area contributed by atoms with Gasteiger partial charge in [-0.05, 0) is 42.7 Å². The lowest BCUT2D eigenvalue weighted by Gasteiger charge is -2.15. The molecule has 10 heteroatoms. The average Bonchev–Trinajstić information content (AvgIpc) is 2.70. The van der Waals surface area contributed by atoms with Crippen LogP contribution < -0.4 is 10.9 Å². The number of halogens is 1. The number of nitrogens with zero attached hydrogens (tertiary/aromatic N) is 3. The summed E-state index contributed by atoms with van der Waals surface area (Å²) in [4.78, 5) is 40.8. The van der Waals surface area contributed by atoms with Gasteiger partial charge in [-0.2, -0.15) is 0 Å². The molecule has 0 aliphatic carbocycles. The minimum atomic E-state index is -0.536. The summed E-state index contributed by atoms with van der Waals surface area (Å²) in [5, 5.41) is 15.1. The van der Waals surface area contributed by atoms with Crippen molar-refractivity contribution in [3.63, 3.8) is 0 Å². The number of hydrogen-bond acceptors (Lipinski definition) is 6. The van der Waals surface area contributed by atoms with Crippen LogP contribution in [0, 0.1) is 23.0 Å². The number of aryl methyl sites for hydroxylation is 1. The molecule has 1 amide bonds. The van der Waals surface area contributed by atoms with Crippen LogP contribution in [-0.4, -0.2) is 26.1 Å². The Morgan fingerprint density at radius 2 is 2.03 bits per heavy atom. The summed E-state index contributed by atoms with van der Waals surface area (Å²) < 4.78 is 1.54. The van der Waals surface area contributed by atoms with Crippen molar-refractivity contribution >= 4 is 51.5 Å². The van der Waals surface area contributed by atoms with E-state index >= 15 is 0 Å². The van der Waals surface area contributed by atoms with Gasteiger partial charge in [0.15, 0.2) is 5.16 Å². The highest BCUT2D eigenvalue weighted by molar-refractivity contribution is 7.99. The first kappa shape index (κ1) is 22.8. The highest BCUT2D eigenvalue weighted by Gasteiger charge is 2.18. The number of carbonyl (C=O) groups is 1. The monoisotopic (exact) mass is 460 g/mol. The first-order chi connectivity index (χ1) is 14.7. The molecular weight excluding hydrogens is 440 g/mol. The van der Waals surface area contributed by atoms with Gasteiger partial charge in [-0.25, -0.2) is 4.98 Å². The average molecular weight is 461 g/mol. The van der Waals surface area contributed by atoms with Gasteiger partial charge < -0.3 is 5.32 Å². The maximum atomic E-state index is 13.0. The summed E-state index contributed by atoms with van der Waals surface area (Å²) in [6.07, 6.45) is 0. The number of fused-ring (bicyclic) bond motifs is 1. The summed E-state index contributed by atoms with van der Waals surface area (Å²) in [5.41, 5.74) is 0.944. The number of amides is 1. The molecule has 31 heavy (non-hydrogen) atoms. The van der Waals surface area contributed by atoms with Crippen LogP contribution in [0.5, 0.6) is 0 Å². The molecule has 0 saturated heterocycles. The van der Waals surface area contributed by atoms with E-state index in [1.807, 2.05) is 13.8 Å². The minimum Gasteiger partial charge on any atom is -0.320 e. The van der Waals surface area contributed by atoms with Gasteiger partial charge in [-0.3, -0.25) is 24.3 Å². The van der Waals surface area contributed by atoms with Crippen LogP contribution >= 0.6 is 23.4 Å². The molecule has 1 N–H and O–H groups in total. The lowest BCUT2D eigenvalue weighted by Crippen LogP contribution is -2.26. The highest BCUT2D eigenvalue weighted by Crippen LogP contribution is 2.26. The van der Waals surface area contributed by atoms with E-state index in [1.54, 1.807) is 31.2 Å². The van der Waals surface area contributed by atoms with Crippen molar-refractivity contribution in [2.75, 3.05) is 11.1 Å². The van der Waals surface area contributed by atoms with Crippen LogP contribution in [0.1, 0.15) is 19.4 Å². The van der Waals surface area contributed by atoms with Crippen molar-refractivity contribution in [1.29, 1.82) is 0 Å². The predicted octanol–water partition coefficient (Wildman–Crippen LogP) is 4.65. The molecule has 0 unspecified atom stereocenters. The van der Waals surface area contributed by atoms with E-state index in [0.29, 0.717) is 27.6 Å². The normalized spacial score (nSPS) is 11.1. The molecule has 0 bridgehead atoms. The number of aromatic nitrogens is 2. The molecule has 0 aliphatic rings. The largest absolute Gasteiger partial charge is 0.320 e. The van der Waals surface area contributed by atoms with Gasteiger partial charge in [0.25, 0.3) is 11.2 Å². The van der Waals surface area contributed by atoms with Gasteiger partial charge in [0.2, 0.25) is 5.91 Å². The summed E-state index contributed by atoms with van der Waals surface area (Å²) in [5.74, 6) is -0.313. The predicted molar refractivity (Wildman–Crippen MR) is 123 cm³/mol. The summed E-state index contributed by atoms with van der Waals surface area (Å²) >= 11 is 7.13. The van der Waals surface area contributed by atoms with E-state index in [1.165, 1.54) is 16.7 Å². The zero-order valence-electron chi connectivity index (χ0n) is 17.2. The number of hydrogen-bond donors (Lipinski definition) is 1. The summed E-state index contributed by atoms with van der Waals surface area (Å²) in [6, 6.07) is 9.49. The lowest BCUT2D eigenvalue weighted by atomic mass is 10.2. The van der Waals surface area contributed by atoms with E-state index in [2.05, 4.69) is 10.3 Å². The van der Waals surface area contributed by atoms with Gasteiger partial charge in [-0.15, -0.1) is 0 Å². The number of rotatable bonds is 7. The number of anilines is 1. The van der Waals surface area contributed by atoms with E-state index in [0.717, 1.165) is 17.3 Å². The Labute approximate surface area is 187 Å². The zero-order valence-corrected chi connectivity index (χ0v) is 18.8. The topological polar surface area (TPSA) is 107 Å². The first-order valence-corrected chi connectivity index (χ1v) is 10.9.